The lowest BCUT2D eigenvalue weighted by Crippen LogP contribution is -2.22. The maximum atomic E-state index is 13.1. The Balaban J connectivity index is 1.92. The summed E-state index contributed by atoms with van der Waals surface area (Å²) in [7, 11) is -2.75. The van der Waals surface area contributed by atoms with Gasteiger partial charge in [-0.2, -0.15) is 0 Å². The van der Waals surface area contributed by atoms with Gasteiger partial charge in [-0.05, 0) is 44.5 Å². The quantitative estimate of drug-likeness (QED) is 0.153. The molecule has 0 bridgehead atoms. The molecule has 0 atom stereocenters. The zero-order valence-electron chi connectivity index (χ0n) is 19.3. The summed E-state index contributed by atoms with van der Waals surface area (Å²) < 4.78 is 33.5. The molecule has 0 unspecified atom stereocenters. The van der Waals surface area contributed by atoms with Crippen molar-refractivity contribution in [2.24, 2.45) is 0 Å². The van der Waals surface area contributed by atoms with Crippen molar-refractivity contribution in [2.45, 2.75) is 26.7 Å². The van der Waals surface area contributed by atoms with Gasteiger partial charge < -0.3 is 9.47 Å². The van der Waals surface area contributed by atoms with Crippen LogP contribution in [0.2, 0.25) is 0 Å². The van der Waals surface area contributed by atoms with Crippen LogP contribution in [-0.4, -0.2) is 54.9 Å². The summed E-state index contributed by atoms with van der Waals surface area (Å²) in [4.78, 5) is 35.8. The Hall–Kier alpha value is -3.04. The van der Waals surface area contributed by atoms with E-state index in [0.29, 0.717) is 5.06 Å². The number of carbonyl (C=O) groups excluding carboxylic acids is 3. The monoisotopic (exact) mass is 493 g/mol. The van der Waals surface area contributed by atoms with Crippen molar-refractivity contribution in [1.29, 1.82) is 0 Å². The summed E-state index contributed by atoms with van der Waals surface area (Å²) in [6, 6.07) is 13.3. The number of hydrogen-bond donors (Lipinski definition) is 1. The van der Waals surface area contributed by atoms with Gasteiger partial charge in [0.25, 0.3) is 0 Å². The number of aryl methyl sites for hydroxylation is 2. The first-order valence-electron chi connectivity index (χ1n) is 10.4. The molecule has 0 spiro atoms. The molecule has 184 valence electrons. The van der Waals surface area contributed by atoms with Gasteiger partial charge in [-0.15, -0.1) is 0 Å². The van der Waals surface area contributed by atoms with Gasteiger partial charge in [0, 0.05) is 13.5 Å². The third-order valence-electron chi connectivity index (χ3n) is 4.64. The van der Waals surface area contributed by atoms with E-state index in [9.17, 15) is 18.9 Å². The number of hydroxylamine groups is 2. The SMILES string of the molecule is Cc1ccc(C(=O)OCOP(=O)(CCCC(=O)N(C)O)OCOC(=O)c2ccc(C)cc2)cc1. The van der Waals surface area contributed by atoms with E-state index in [4.69, 9.17) is 23.7 Å². The normalized spacial score (nSPS) is 11.1. The lowest BCUT2D eigenvalue weighted by atomic mass is 10.2. The molecular weight excluding hydrogens is 465 g/mol. The molecule has 0 fully saturated rings. The lowest BCUT2D eigenvalue weighted by Gasteiger charge is -2.18. The summed E-state index contributed by atoms with van der Waals surface area (Å²) in [6.07, 6.45) is -0.328. The predicted molar refractivity (Wildman–Crippen MR) is 121 cm³/mol. The Morgan fingerprint density at radius 2 is 1.24 bits per heavy atom. The minimum absolute atomic E-state index is 0.0405. The van der Waals surface area contributed by atoms with E-state index < -0.39 is 39.0 Å². The first kappa shape index (κ1) is 27.2. The number of hydrogen-bond acceptors (Lipinski definition) is 9. The molecule has 0 aromatic heterocycles. The summed E-state index contributed by atoms with van der Waals surface area (Å²) in [5, 5.41) is 9.56. The van der Waals surface area contributed by atoms with Crippen LogP contribution in [0.15, 0.2) is 48.5 Å². The lowest BCUT2D eigenvalue weighted by molar-refractivity contribution is -0.159. The fraction of sp³-hybridized carbons (Fsp3) is 0.348. The third-order valence-corrected chi connectivity index (χ3v) is 6.50. The van der Waals surface area contributed by atoms with Crippen LogP contribution in [0.1, 0.15) is 44.7 Å². The molecule has 0 saturated carbocycles. The van der Waals surface area contributed by atoms with E-state index in [1.54, 1.807) is 48.5 Å². The van der Waals surface area contributed by atoms with E-state index in [0.717, 1.165) is 11.1 Å². The number of ether oxygens (including phenoxy) is 2. The van der Waals surface area contributed by atoms with E-state index >= 15 is 0 Å². The van der Waals surface area contributed by atoms with Crippen LogP contribution in [0, 0.1) is 13.8 Å². The van der Waals surface area contributed by atoms with E-state index in [1.165, 1.54) is 7.05 Å². The highest BCUT2D eigenvalue weighted by atomic mass is 31.2. The minimum Gasteiger partial charge on any atom is -0.434 e. The number of nitrogens with zero attached hydrogens (tertiary/aromatic N) is 1. The van der Waals surface area contributed by atoms with Crippen LogP contribution in [0.4, 0.5) is 0 Å². The zero-order chi connectivity index (χ0) is 25.1. The smallest absolute Gasteiger partial charge is 0.340 e. The van der Waals surface area contributed by atoms with Crippen LogP contribution in [0.5, 0.6) is 0 Å². The summed E-state index contributed by atoms with van der Waals surface area (Å²) in [5.41, 5.74) is 2.50. The molecule has 11 heteroatoms. The summed E-state index contributed by atoms with van der Waals surface area (Å²) in [5.74, 6) is -1.97. The van der Waals surface area contributed by atoms with Gasteiger partial charge >= 0.3 is 19.5 Å². The van der Waals surface area contributed by atoms with E-state index in [2.05, 4.69) is 0 Å². The third kappa shape index (κ3) is 9.07. The predicted octanol–water partition coefficient (Wildman–Crippen LogP) is 4.09. The first-order valence-corrected chi connectivity index (χ1v) is 12.1. The van der Waals surface area contributed by atoms with Crippen LogP contribution in [-0.2, 0) is 27.9 Å². The second-order valence-corrected chi connectivity index (χ2v) is 9.63. The van der Waals surface area contributed by atoms with Gasteiger partial charge in [-0.25, -0.2) is 14.7 Å². The molecule has 1 N–H and O–H groups in total. The Bertz CT molecular complexity index is 952. The molecule has 10 nitrogen and oxygen atoms in total. The second kappa shape index (κ2) is 13.0. The molecule has 0 aliphatic heterocycles. The number of esters is 2. The molecular formula is C23H28NO9P. The summed E-state index contributed by atoms with van der Waals surface area (Å²) >= 11 is 0. The maximum Gasteiger partial charge on any atom is 0.340 e. The van der Waals surface area contributed by atoms with Crippen molar-refractivity contribution in [3.05, 3.63) is 70.8 Å². The van der Waals surface area contributed by atoms with Gasteiger partial charge in [0.1, 0.15) is 0 Å². The van der Waals surface area contributed by atoms with Crippen molar-refractivity contribution < 1.29 is 42.7 Å². The van der Waals surface area contributed by atoms with Gasteiger partial charge in [0.2, 0.25) is 19.5 Å². The molecule has 1 amide bonds. The van der Waals surface area contributed by atoms with Crippen LogP contribution < -0.4 is 0 Å². The fourth-order valence-electron chi connectivity index (χ4n) is 2.62. The second-order valence-electron chi connectivity index (χ2n) is 7.44. The Morgan fingerprint density at radius 3 is 1.62 bits per heavy atom. The van der Waals surface area contributed by atoms with Crippen molar-refractivity contribution in [3.8, 4) is 0 Å². The average molecular weight is 493 g/mol. The molecule has 0 aliphatic rings. The standard InChI is InChI=1S/C23H28NO9P/c1-17-6-10-19(11-7-17)22(26)30-15-32-34(29,14-4-5-21(25)24(3)28)33-16-31-23(27)20-12-8-18(2)9-13-20/h6-13,28H,4-5,14-16H2,1-3H3. The Labute approximate surface area is 197 Å². The van der Waals surface area contributed by atoms with Crippen LogP contribution in [0.25, 0.3) is 0 Å². The van der Waals surface area contributed by atoms with Crippen molar-refractivity contribution in [1.82, 2.24) is 5.06 Å². The van der Waals surface area contributed by atoms with Gasteiger partial charge in [0.05, 0.1) is 17.3 Å². The Morgan fingerprint density at radius 1 is 0.824 bits per heavy atom. The molecule has 0 aliphatic carbocycles. The number of carbonyl (C=O) groups is 3. The molecule has 34 heavy (non-hydrogen) atoms. The first-order chi connectivity index (χ1) is 16.1. The van der Waals surface area contributed by atoms with Gasteiger partial charge in [-0.3, -0.25) is 23.6 Å². The highest BCUT2D eigenvalue weighted by Crippen LogP contribution is 2.49. The van der Waals surface area contributed by atoms with Crippen LogP contribution in [0.3, 0.4) is 0 Å². The molecule has 2 rings (SSSR count). The van der Waals surface area contributed by atoms with Gasteiger partial charge in [-0.1, -0.05) is 35.4 Å². The topological polar surface area (TPSA) is 129 Å². The maximum absolute atomic E-state index is 13.1. The van der Waals surface area contributed by atoms with Crippen molar-refractivity contribution >= 4 is 25.4 Å². The number of benzene rings is 2. The summed E-state index contributed by atoms with van der Waals surface area (Å²) in [6.45, 7) is 2.39. The highest BCUT2D eigenvalue weighted by molar-refractivity contribution is 7.53. The van der Waals surface area contributed by atoms with E-state index in [1.807, 2.05) is 13.8 Å². The Kier molecular flexibility index (Phi) is 10.4. The largest absolute Gasteiger partial charge is 0.434 e. The zero-order valence-corrected chi connectivity index (χ0v) is 20.2. The molecule has 0 saturated heterocycles. The average Bonchev–Trinajstić information content (AvgIpc) is 2.79. The molecule has 0 heterocycles. The number of amides is 1. The van der Waals surface area contributed by atoms with Gasteiger partial charge in [0.15, 0.2) is 0 Å². The fourth-order valence-corrected chi connectivity index (χ4v) is 3.92. The van der Waals surface area contributed by atoms with Crippen molar-refractivity contribution in [3.63, 3.8) is 0 Å². The highest BCUT2D eigenvalue weighted by Gasteiger charge is 2.27. The van der Waals surface area contributed by atoms with Crippen molar-refractivity contribution in [2.75, 3.05) is 26.8 Å². The number of rotatable bonds is 12. The molecule has 2 aromatic rings. The minimum atomic E-state index is -3.92. The van der Waals surface area contributed by atoms with Crippen LogP contribution >= 0.6 is 7.60 Å². The molecule has 2 aromatic carbocycles. The molecule has 0 radical (unpaired) electrons. The van der Waals surface area contributed by atoms with E-state index in [-0.39, 0.29) is 30.1 Å².